The number of furan rings is 1. The number of rotatable bonds is 3. The van der Waals surface area contributed by atoms with Crippen molar-refractivity contribution in [3.63, 3.8) is 0 Å². The van der Waals surface area contributed by atoms with E-state index in [0.29, 0.717) is 5.82 Å². The topological polar surface area (TPSA) is 38.9 Å². The Labute approximate surface area is 311 Å². The van der Waals surface area contributed by atoms with E-state index in [-0.39, 0.29) is 5.41 Å². The summed E-state index contributed by atoms with van der Waals surface area (Å²) in [6, 6.07) is 65.3. The average molecular weight is 687 g/mol. The summed E-state index contributed by atoms with van der Waals surface area (Å²) in [5.74, 6) is 0.685. The lowest BCUT2D eigenvalue weighted by Gasteiger charge is -2.30. The summed E-state index contributed by atoms with van der Waals surface area (Å²) in [5, 5.41) is 3.18. The van der Waals surface area contributed by atoms with Gasteiger partial charge < -0.3 is 4.42 Å². The summed E-state index contributed by atoms with van der Waals surface area (Å²) >= 11 is 0. The number of nitrogens with zero attached hydrogens (tertiary/aromatic N) is 2. The van der Waals surface area contributed by atoms with Gasteiger partial charge >= 0.3 is 0 Å². The van der Waals surface area contributed by atoms with Gasteiger partial charge in [-0.3, -0.25) is 0 Å². The second kappa shape index (κ2) is 11.0. The molecule has 3 heteroatoms. The Kier molecular flexibility index (Phi) is 5.98. The Morgan fingerprint density at radius 1 is 0.370 bits per heavy atom. The van der Waals surface area contributed by atoms with Crippen LogP contribution in [0, 0.1) is 0 Å². The maximum Gasteiger partial charge on any atom is 0.160 e. The van der Waals surface area contributed by atoms with Crippen molar-refractivity contribution in [3.8, 4) is 56.0 Å². The summed E-state index contributed by atoms with van der Waals surface area (Å²) < 4.78 is 6.47. The van der Waals surface area contributed by atoms with Gasteiger partial charge in [0.2, 0.25) is 0 Å². The Morgan fingerprint density at radius 3 is 1.69 bits per heavy atom. The molecule has 0 fully saturated rings. The van der Waals surface area contributed by atoms with Crippen molar-refractivity contribution in [2.75, 3.05) is 0 Å². The summed E-state index contributed by atoms with van der Waals surface area (Å²) in [6.07, 6.45) is 0. The molecule has 0 saturated carbocycles. The Balaban J connectivity index is 1.02. The Morgan fingerprint density at radius 2 is 0.907 bits per heavy atom. The molecule has 0 aliphatic heterocycles. The van der Waals surface area contributed by atoms with E-state index in [9.17, 15) is 0 Å². The fourth-order valence-electron chi connectivity index (χ4n) is 9.53. The molecule has 12 rings (SSSR count). The molecule has 2 aromatic heterocycles. The van der Waals surface area contributed by atoms with E-state index in [4.69, 9.17) is 14.4 Å². The molecular formula is C51H30N2O. The van der Waals surface area contributed by atoms with E-state index < -0.39 is 0 Å². The molecule has 0 radical (unpaired) electrons. The number of hydrogen-bond acceptors (Lipinski definition) is 3. The highest BCUT2D eigenvalue weighted by molar-refractivity contribution is 6.11. The number of fused-ring (bicyclic) bond motifs is 14. The molecular weight excluding hydrogens is 657 g/mol. The zero-order valence-electron chi connectivity index (χ0n) is 29.1. The van der Waals surface area contributed by atoms with Crippen LogP contribution in [0.15, 0.2) is 186 Å². The van der Waals surface area contributed by atoms with Gasteiger partial charge in [-0.15, -0.1) is 0 Å². The average Bonchev–Trinajstić information content (AvgIpc) is 3.88. The molecule has 54 heavy (non-hydrogen) atoms. The zero-order valence-corrected chi connectivity index (χ0v) is 29.1. The van der Waals surface area contributed by atoms with Gasteiger partial charge in [-0.05, 0) is 73.8 Å². The number of benzene rings is 8. The third-order valence-electron chi connectivity index (χ3n) is 11.7. The van der Waals surface area contributed by atoms with Crippen molar-refractivity contribution in [2.45, 2.75) is 5.41 Å². The lowest BCUT2D eigenvalue weighted by atomic mass is 9.70. The van der Waals surface area contributed by atoms with Gasteiger partial charge in [0, 0.05) is 27.3 Å². The Hall–Kier alpha value is -7.10. The van der Waals surface area contributed by atoms with Gasteiger partial charge in [0.25, 0.3) is 0 Å². The van der Waals surface area contributed by atoms with Crippen molar-refractivity contribution in [1.82, 2.24) is 9.97 Å². The smallest absolute Gasteiger partial charge is 0.160 e. The van der Waals surface area contributed by atoms with Gasteiger partial charge in [-0.1, -0.05) is 164 Å². The van der Waals surface area contributed by atoms with Crippen molar-refractivity contribution < 1.29 is 4.42 Å². The van der Waals surface area contributed by atoms with Crippen LogP contribution in [0.25, 0.3) is 88.9 Å². The van der Waals surface area contributed by atoms with Crippen LogP contribution in [-0.2, 0) is 5.41 Å². The van der Waals surface area contributed by atoms with E-state index in [1.165, 1.54) is 50.1 Å². The molecule has 2 aliphatic carbocycles. The molecule has 0 atom stereocenters. The van der Waals surface area contributed by atoms with Crippen molar-refractivity contribution in [2.24, 2.45) is 0 Å². The van der Waals surface area contributed by atoms with Crippen LogP contribution < -0.4 is 0 Å². The second-order valence-electron chi connectivity index (χ2n) is 14.4. The van der Waals surface area contributed by atoms with Crippen LogP contribution in [0.2, 0.25) is 0 Å². The predicted octanol–water partition coefficient (Wildman–Crippen LogP) is 12.9. The molecule has 1 spiro atoms. The maximum atomic E-state index is 6.47. The van der Waals surface area contributed by atoms with E-state index in [0.717, 1.165) is 55.2 Å². The summed E-state index contributed by atoms with van der Waals surface area (Å²) in [6.45, 7) is 0. The lowest BCUT2D eigenvalue weighted by Crippen LogP contribution is -2.25. The highest BCUT2D eigenvalue weighted by Gasteiger charge is 2.51. The number of hydrogen-bond donors (Lipinski definition) is 0. The van der Waals surface area contributed by atoms with Gasteiger partial charge in [0.1, 0.15) is 11.2 Å². The molecule has 8 aromatic carbocycles. The number of para-hydroxylation sites is 3. The molecule has 2 aliphatic rings. The third kappa shape index (κ3) is 3.85. The SMILES string of the molecule is c1ccc2c(c1)-c1ccccc1C21c2ccccc2-c2c(-c3ccc(-c4nc(-c5cccc6c5oc5ccccc56)c5ccccc5n4)cc3)cccc21. The van der Waals surface area contributed by atoms with Crippen molar-refractivity contribution >= 4 is 32.8 Å². The molecule has 0 N–H and O–H groups in total. The van der Waals surface area contributed by atoms with Gasteiger partial charge in [0.05, 0.1) is 16.6 Å². The minimum Gasteiger partial charge on any atom is -0.455 e. The van der Waals surface area contributed by atoms with Gasteiger partial charge in [-0.2, -0.15) is 0 Å². The van der Waals surface area contributed by atoms with E-state index in [2.05, 4.69) is 158 Å². The zero-order chi connectivity index (χ0) is 35.4. The minimum atomic E-state index is -0.368. The van der Waals surface area contributed by atoms with Crippen LogP contribution in [0.3, 0.4) is 0 Å². The molecule has 3 nitrogen and oxygen atoms in total. The highest BCUT2D eigenvalue weighted by Crippen LogP contribution is 2.63. The molecule has 0 saturated heterocycles. The molecule has 250 valence electrons. The summed E-state index contributed by atoms with van der Waals surface area (Å²) in [4.78, 5) is 10.4. The number of aromatic nitrogens is 2. The van der Waals surface area contributed by atoms with Crippen LogP contribution in [0.1, 0.15) is 22.3 Å². The van der Waals surface area contributed by atoms with Crippen LogP contribution in [0.4, 0.5) is 0 Å². The quantitative estimate of drug-likeness (QED) is 0.186. The summed E-state index contributed by atoms with van der Waals surface area (Å²) in [5.41, 5.74) is 18.0. The molecule has 2 heterocycles. The maximum absolute atomic E-state index is 6.47. The largest absolute Gasteiger partial charge is 0.455 e. The molecule has 0 amide bonds. The third-order valence-corrected chi connectivity index (χ3v) is 11.7. The Bertz CT molecular complexity index is 3130. The van der Waals surface area contributed by atoms with Crippen molar-refractivity contribution in [1.29, 1.82) is 0 Å². The second-order valence-corrected chi connectivity index (χ2v) is 14.4. The first kappa shape index (κ1) is 29.5. The first-order valence-corrected chi connectivity index (χ1v) is 18.5. The first-order chi connectivity index (χ1) is 26.8. The predicted molar refractivity (Wildman–Crippen MR) is 219 cm³/mol. The normalized spacial score (nSPS) is 13.3. The fourth-order valence-corrected chi connectivity index (χ4v) is 9.53. The summed E-state index contributed by atoms with van der Waals surface area (Å²) in [7, 11) is 0. The van der Waals surface area contributed by atoms with Crippen LogP contribution >= 0.6 is 0 Å². The molecule has 0 unspecified atom stereocenters. The minimum absolute atomic E-state index is 0.368. The standard InChI is InChI=1S/C51H30N2O/c1-6-21-41-34(13-1)35-14-2-7-22-42(35)51(41)43-23-8-3-16-38(43)47-33(18-12-24-44(47)51)31-27-29-32(30-28-31)50-52-45-25-9-4-17-39(45)48(53-50)40-20-11-19-37-36-15-5-10-26-46(36)54-49(37)40/h1-30H. The fraction of sp³-hybridized carbons (Fsp3) is 0.0196. The van der Waals surface area contributed by atoms with Gasteiger partial charge in [-0.25, -0.2) is 9.97 Å². The lowest BCUT2D eigenvalue weighted by molar-refractivity contribution is 0.670. The molecule has 0 bridgehead atoms. The highest BCUT2D eigenvalue weighted by atomic mass is 16.3. The van der Waals surface area contributed by atoms with Crippen molar-refractivity contribution in [3.05, 3.63) is 204 Å². The van der Waals surface area contributed by atoms with Gasteiger partial charge in [0.15, 0.2) is 5.82 Å². The first-order valence-electron chi connectivity index (χ1n) is 18.5. The monoisotopic (exact) mass is 686 g/mol. The van der Waals surface area contributed by atoms with E-state index in [1.54, 1.807) is 0 Å². The van der Waals surface area contributed by atoms with E-state index >= 15 is 0 Å². The van der Waals surface area contributed by atoms with Crippen LogP contribution in [0.5, 0.6) is 0 Å². The van der Waals surface area contributed by atoms with E-state index in [1.807, 2.05) is 24.3 Å². The molecule has 10 aromatic rings. The van der Waals surface area contributed by atoms with Crippen LogP contribution in [-0.4, -0.2) is 9.97 Å².